The van der Waals surface area contributed by atoms with Crippen molar-refractivity contribution in [3.05, 3.63) is 18.0 Å². The predicted octanol–water partition coefficient (Wildman–Crippen LogP) is 1.59. The van der Waals surface area contributed by atoms with Crippen LogP contribution < -0.4 is 10.6 Å². The van der Waals surface area contributed by atoms with Crippen LogP contribution in [0.3, 0.4) is 0 Å². The fourth-order valence-corrected chi connectivity index (χ4v) is 3.03. The number of aromatic nitrogens is 2. The van der Waals surface area contributed by atoms with Crippen molar-refractivity contribution in [2.45, 2.75) is 45.9 Å². The van der Waals surface area contributed by atoms with Gasteiger partial charge in [0, 0.05) is 46.0 Å². The Labute approximate surface area is 168 Å². The van der Waals surface area contributed by atoms with E-state index in [0.29, 0.717) is 18.8 Å². The number of halogens is 1. The van der Waals surface area contributed by atoms with E-state index in [9.17, 15) is 0 Å². The van der Waals surface area contributed by atoms with Crippen LogP contribution in [0.4, 0.5) is 0 Å². The van der Waals surface area contributed by atoms with E-state index in [4.69, 9.17) is 4.74 Å². The van der Waals surface area contributed by atoms with E-state index in [1.807, 2.05) is 17.8 Å². The number of rotatable bonds is 7. The Bertz CT molecular complexity index is 511. The first-order valence-electron chi connectivity index (χ1n) is 8.95. The third-order valence-corrected chi connectivity index (χ3v) is 4.10. The smallest absolute Gasteiger partial charge is 0.191 e. The molecule has 25 heavy (non-hydrogen) atoms. The summed E-state index contributed by atoms with van der Waals surface area (Å²) in [6.45, 7) is 11.9. The number of guanidine groups is 1. The molecular formula is C17H33IN6O. The molecule has 1 fully saturated rings. The molecule has 1 saturated heterocycles. The predicted molar refractivity (Wildman–Crippen MR) is 113 cm³/mol. The zero-order valence-corrected chi connectivity index (χ0v) is 18.2. The lowest BCUT2D eigenvalue weighted by molar-refractivity contribution is -0.0679. The van der Waals surface area contributed by atoms with E-state index in [1.54, 1.807) is 6.20 Å². The van der Waals surface area contributed by atoms with Gasteiger partial charge in [-0.2, -0.15) is 5.10 Å². The number of morpholine rings is 1. The summed E-state index contributed by atoms with van der Waals surface area (Å²) in [5, 5.41) is 10.9. The monoisotopic (exact) mass is 464 g/mol. The fraction of sp³-hybridized carbons (Fsp3) is 0.765. The molecule has 2 heterocycles. The second-order valence-electron chi connectivity index (χ2n) is 6.44. The van der Waals surface area contributed by atoms with E-state index < -0.39 is 0 Å². The Morgan fingerprint density at radius 3 is 2.64 bits per heavy atom. The Hall–Kier alpha value is -0.870. The van der Waals surface area contributed by atoms with Crippen molar-refractivity contribution >= 4 is 29.9 Å². The van der Waals surface area contributed by atoms with Crippen molar-refractivity contribution < 1.29 is 4.74 Å². The van der Waals surface area contributed by atoms with Crippen molar-refractivity contribution in [2.75, 3.05) is 32.7 Å². The summed E-state index contributed by atoms with van der Waals surface area (Å²) in [4.78, 5) is 7.11. The topological polar surface area (TPSA) is 66.7 Å². The molecule has 0 radical (unpaired) electrons. The minimum atomic E-state index is 0. The molecule has 1 aliphatic heterocycles. The zero-order valence-electron chi connectivity index (χ0n) is 15.9. The van der Waals surface area contributed by atoms with Gasteiger partial charge in [0.05, 0.1) is 24.4 Å². The number of hydrogen-bond acceptors (Lipinski definition) is 4. The number of nitrogens with one attached hydrogen (secondary N) is 2. The average molecular weight is 464 g/mol. The molecule has 2 unspecified atom stereocenters. The maximum absolute atomic E-state index is 5.78. The molecule has 8 heteroatoms. The van der Waals surface area contributed by atoms with Crippen LogP contribution in [0.2, 0.25) is 0 Å². The Morgan fingerprint density at radius 1 is 1.32 bits per heavy atom. The Kier molecular flexibility index (Phi) is 10.4. The van der Waals surface area contributed by atoms with Gasteiger partial charge in [0.15, 0.2) is 5.96 Å². The van der Waals surface area contributed by atoms with Crippen LogP contribution in [-0.2, 0) is 18.3 Å². The van der Waals surface area contributed by atoms with Crippen LogP contribution in [0, 0.1) is 0 Å². The van der Waals surface area contributed by atoms with E-state index in [-0.39, 0.29) is 24.0 Å². The summed E-state index contributed by atoms with van der Waals surface area (Å²) < 4.78 is 7.63. The van der Waals surface area contributed by atoms with Crippen LogP contribution in [0.5, 0.6) is 0 Å². The Morgan fingerprint density at radius 2 is 2.04 bits per heavy atom. The molecule has 0 aliphatic carbocycles. The van der Waals surface area contributed by atoms with E-state index in [2.05, 4.69) is 46.4 Å². The standard InChI is InChI=1S/C17H32N6O.HI/c1-5-18-17(20-11-16-7-9-21-22(16)4)19-8-6-10-23-12-14(2)24-15(3)13-23;/h7,9,14-15H,5-6,8,10-13H2,1-4H3,(H2,18,19,20);1H. The van der Waals surface area contributed by atoms with Gasteiger partial charge in [-0.25, -0.2) is 4.99 Å². The second kappa shape index (κ2) is 11.7. The minimum absolute atomic E-state index is 0. The van der Waals surface area contributed by atoms with Crippen LogP contribution in [0.25, 0.3) is 0 Å². The van der Waals surface area contributed by atoms with Gasteiger partial charge in [-0.3, -0.25) is 9.58 Å². The zero-order chi connectivity index (χ0) is 17.4. The van der Waals surface area contributed by atoms with Crippen molar-refractivity contribution in [1.29, 1.82) is 0 Å². The van der Waals surface area contributed by atoms with Crippen molar-refractivity contribution in [3.63, 3.8) is 0 Å². The van der Waals surface area contributed by atoms with Gasteiger partial charge < -0.3 is 15.4 Å². The van der Waals surface area contributed by atoms with E-state index >= 15 is 0 Å². The first-order chi connectivity index (χ1) is 11.6. The van der Waals surface area contributed by atoms with Crippen LogP contribution >= 0.6 is 24.0 Å². The van der Waals surface area contributed by atoms with E-state index in [0.717, 1.165) is 50.8 Å². The number of ether oxygens (including phenoxy) is 1. The molecule has 0 aromatic carbocycles. The molecule has 2 N–H and O–H groups in total. The first-order valence-corrected chi connectivity index (χ1v) is 8.95. The summed E-state index contributed by atoms with van der Waals surface area (Å²) in [6, 6.07) is 1.99. The number of nitrogens with zero attached hydrogens (tertiary/aromatic N) is 4. The van der Waals surface area contributed by atoms with Gasteiger partial charge in [-0.1, -0.05) is 0 Å². The van der Waals surface area contributed by atoms with Crippen molar-refractivity contribution in [3.8, 4) is 0 Å². The third kappa shape index (κ3) is 7.91. The van der Waals surface area contributed by atoms with Gasteiger partial charge in [0.25, 0.3) is 0 Å². The summed E-state index contributed by atoms with van der Waals surface area (Å²) in [5.74, 6) is 0.863. The summed E-state index contributed by atoms with van der Waals surface area (Å²) >= 11 is 0. The number of aliphatic imine (C=N–C) groups is 1. The molecule has 2 atom stereocenters. The lowest BCUT2D eigenvalue weighted by atomic mass is 10.2. The highest BCUT2D eigenvalue weighted by atomic mass is 127. The molecule has 1 aliphatic rings. The maximum atomic E-state index is 5.78. The lowest BCUT2D eigenvalue weighted by Gasteiger charge is -2.35. The molecule has 0 spiro atoms. The molecule has 0 saturated carbocycles. The molecule has 1 aromatic heterocycles. The van der Waals surface area contributed by atoms with Gasteiger partial charge in [0.1, 0.15) is 0 Å². The second-order valence-corrected chi connectivity index (χ2v) is 6.44. The van der Waals surface area contributed by atoms with Crippen molar-refractivity contribution in [2.24, 2.45) is 12.0 Å². The van der Waals surface area contributed by atoms with Crippen molar-refractivity contribution in [1.82, 2.24) is 25.3 Å². The first kappa shape index (κ1) is 22.2. The van der Waals surface area contributed by atoms with Crippen LogP contribution in [-0.4, -0.2) is 65.6 Å². The summed E-state index contributed by atoms with van der Waals surface area (Å²) in [7, 11) is 1.94. The van der Waals surface area contributed by atoms with Crippen LogP contribution in [0.15, 0.2) is 17.3 Å². The minimum Gasteiger partial charge on any atom is -0.373 e. The third-order valence-electron chi connectivity index (χ3n) is 4.10. The molecule has 7 nitrogen and oxygen atoms in total. The summed E-state index contributed by atoms with van der Waals surface area (Å²) in [5.41, 5.74) is 1.10. The molecule has 0 bridgehead atoms. The van der Waals surface area contributed by atoms with Gasteiger partial charge >= 0.3 is 0 Å². The molecule has 0 amide bonds. The SMILES string of the molecule is CCNC(=NCc1ccnn1C)NCCCN1CC(C)OC(C)C1.I. The lowest BCUT2D eigenvalue weighted by Crippen LogP contribution is -2.46. The number of hydrogen-bond donors (Lipinski definition) is 2. The van der Waals surface area contributed by atoms with Crippen LogP contribution in [0.1, 0.15) is 32.9 Å². The molecular weight excluding hydrogens is 431 g/mol. The van der Waals surface area contributed by atoms with Gasteiger partial charge in [-0.15, -0.1) is 24.0 Å². The average Bonchev–Trinajstić information content (AvgIpc) is 2.93. The molecule has 2 rings (SSSR count). The highest BCUT2D eigenvalue weighted by Crippen LogP contribution is 2.10. The van der Waals surface area contributed by atoms with E-state index in [1.165, 1.54) is 0 Å². The fourth-order valence-electron chi connectivity index (χ4n) is 3.03. The number of aryl methyl sites for hydroxylation is 1. The maximum Gasteiger partial charge on any atom is 0.191 e. The highest BCUT2D eigenvalue weighted by Gasteiger charge is 2.21. The highest BCUT2D eigenvalue weighted by molar-refractivity contribution is 14.0. The normalized spacial score (nSPS) is 21.7. The summed E-state index contributed by atoms with van der Waals surface area (Å²) in [6.07, 6.45) is 3.56. The quantitative estimate of drug-likeness (QED) is 0.278. The van der Waals surface area contributed by atoms with Gasteiger partial charge in [-0.05, 0) is 33.3 Å². The van der Waals surface area contributed by atoms with Gasteiger partial charge in [0.2, 0.25) is 0 Å². The largest absolute Gasteiger partial charge is 0.373 e. The molecule has 1 aromatic rings. The Balaban J connectivity index is 0.00000312. The molecule has 144 valence electrons.